The average molecular weight is 189 g/mol. The Kier molecular flexibility index (Phi) is 3.26. The molecule has 0 radical (unpaired) electrons. The van der Waals surface area contributed by atoms with E-state index in [1.807, 2.05) is 18.2 Å². The van der Waals surface area contributed by atoms with E-state index in [-0.39, 0.29) is 0 Å². The molecule has 0 aliphatic carbocycles. The molecule has 1 aromatic rings. The summed E-state index contributed by atoms with van der Waals surface area (Å²) in [6.45, 7) is 0. The van der Waals surface area contributed by atoms with E-state index in [9.17, 15) is 4.79 Å². The van der Waals surface area contributed by atoms with Gasteiger partial charge in [0.25, 0.3) is 0 Å². The summed E-state index contributed by atoms with van der Waals surface area (Å²) in [7, 11) is 0. The summed E-state index contributed by atoms with van der Waals surface area (Å²) >= 11 is 5.64. The van der Waals surface area contributed by atoms with Crippen molar-refractivity contribution in [3.8, 4) is 5.75 Å². The van der Waals surface area contributed by atoms with Gasteiger partial charge in [-0.2, -0.15) is 0 Å². The van der Waals surface area contributed by atoms with Gasteiger partial charge in [-0.3, -0.25) is 4.79 Å². The standard InChI is InChI=1S/C7H5ClO2S/c8-7(9)11-10-6-4-2-1-3-5-6/h1-5H. The van der Waals surface area contributed by atoms with E-state index in [1.165, 1.54) is 0 Å². The number of carbonyl (C=O) groups excluding carboxylic acids is 1. The molecule has 0 heterocycles. The lowest BCUT2D eigenvalue weighted by molar-refractivity contribution is 0.275. The fourth-order valence-corrected chi connectivity index (χ4v) is 0.924. The second-order valence-electron chi connectivity index (χ2n) is 1.72. The molecule has 0 aromatic heterocycles. The van der Waals surface area contributed by atoms with Crippen molar-refractivity contribution in [3.63, 3.8) is 0 Å². The molecular weight excluding hydrogens is 184 g/mol. The molecule has 0 bridgehead atoms. The van der Waals surface area contributed by atoms with Crippen LogP contribution in [0, 0.1) is 0 Å². The third kappa shape index (κ3) is 3.30. The number of rotatable bonds is 2. The zero-order chi connectivity index (χ0) is 8.10. The van der Waals surface area contributed by atoms with Crippen molar-refractivity contribution in [2.45, 2.75) is 0 Å². The Labute approximate surface area is 73.7 Å². The summed E-state index contributed by atoms with van der Waals surface area (Å²) < 4.78 is 4.33. The average Bonchev–Trinajstić information content (AvgIpc) is 2.03. The first-order valence-corrected chi connectivity index (χ1v) is 4.00. The maximum atomic E-state index is 10.2. The van der Waals surface area contributed by atoms with Gasteiger partial charge in [0.05, 0.1) is 0 Å². The Balaban J connectivity index is 2.45. The van der Waals surface area contributed by atoms with Gasteiger partial charge < -0.3 is 4.18 Å². The lowest BCUT2D eigenvalue weighted by Gasteiger charge is -1.97. The minimum Gasteiger partial charge on any atom is -0.416 e. The van der Waals surface area contributed by atoms with Crippen molar-refractivity contribution >= 4 is 28.2 Å². The molecule has 0 N–H and O–H groups in total. The summed E-state index contributed by atoms with van der Waals surface area (Å²) in [4.78, 5) is 10.2. The molecule has 0 spiro atoms. The van der Waals surface area contributed by atoms with Crippen molar-refractivity contribution in [3.05, 3.63) is 30.3 Å². The fourth-order valence-electron chi connectivity index (χ4n) is 0.557. The van der Waals surface area contributed by atoms with E-state index >= 15 is 0 Å². The molecule has 0 aliphatic rings. The molecule has 2 nitrogen and oxygen atoms in total. The van der Waals surface area contributed by atoms with Crippen LogP contribution < -0.4 is 4.18 Å². The Morgan fingerprint density at radius 2 is 2.00 bits per heavy atom. The van der Waals surface area contributed by atoms with Gasteiger partial charge in [-0.05, 0) is 23.7 Å². The predicted molar refractivity (Wildman–Crippen MR) is 45.9 cm³/mol. The molecule has 0 aliphatic heterocycles. The van der Waals surface area contributed by atoms with Crippen LogP contribution in [0.15, 0.2) is 30.3 Å². The highest BCUT2D eigenvalue weighted by molar-refractivity contribution is 8.12. The molecule has 0 amide bonds. The summed E-state index contributed by atoms with van der Waals surface area (Å²) in [5.74, 6) is 0.617. The highest BCUT2D eigenvalue weighted by Crippen LogP contribution is 2.17. The Hall–Kier alpha value is -0.670. The number of halogens is 1. The van der Waals surface area contributed by atoms with E-state index in [4.69, 9.17) is 15.8 Å². The SMILES string of the molecule is O=C(Cl)SOc1ccccc1. The van der Waals surface area contributed by atoms with E-state index in [0.717, 1.165) is 0 Å². The van der Waals surface area contributed by atoms with Gasteiger partial charge in [0, 0.05) is 0 Å². The number of para-hydroxylation sites is 1. The van der Waals surface area contributed by atoms with E-state index in [1.54, 1.807) is 12.1 Å². The molecule has 0 atom stereocenters. The molecule has 58 valence electrons. The first-order valence-electron chi connectivity index (χ1n) is 2.88. The highest BCUT2D eigenvalue weighted by atomic mass is 35.5. The third-order valence-corrected chi connectivity index (χ3v) is 1.54. The van der Waals surface area contributed by atoms with Gasteiger partial charge in [0.1, 0.15) is 17.8 Å². The molecular formula is C7H5ClO2S. The maximum Gasteiger partial charge on any atom is 0.318 e. The molecule has 0 unspecified atom stereocenters. The smallest absolute Gasteiger partial charge is 0.318 e. The van der Waals surface area contributed by atoms with E-state index in [2.05, 4.69) is 0 Å². The number of hydrogen-bond acceptors (Lipinski definition) is 3. The lowest BCUT2D eigenvalue weighted by Crippen LogP contribution is -1.82. The van der Waals surface area contributed by atoms with Crippen LogP contribution in [0.1, 0.15) is 0 Å². The fraction of sp³-hybridized carbons (Fsp3) is 0. The largest absolute Gasteiger partial charge is 0.416 e. The highest BCUT2D eigenvalue weighted by Gasteiger charge is 1.98. The van der Waals surface area contributed by atoms with Crippen molar-refractivity contribution in [1.29, 1.82) is 0 Å². The van der Waals surface area contributed by atoms with E-state index < -0.39 is 4.57 Å². The first-order chi connectivity index (χ1) is 5.29. The van der Waals surface area contributed by atoms with Crippen LogP contribution in [-0.4, -0.2) is 4.57 Å². The van der Waals surface area contributed by atoms with Crippen molar-refractivity contribution in [2.24, 2.45) is 0 Å². The van der Waals surface area contributed by atoms with Crippen LogP contribution in [0.5, 0.6) is 5.75 Å². The van der Waals surface area contributed by atoms with Crippen LogP contribution in [0.25, 0.3) is 0 Å². The zero-order valence-corrected chi connectivity index (χ0v) is 7.06. The predicted octanol–water partition coefficient (Wildman–Crippen LogP) is 3.07. The molecule has 11 heavy (non-hydrogen) atoms. The number of benzene rings is 1. The lowest BCUT2D eigenvalue weighted by atomic mass is 10.3. The molecule has 4 heteroatoms. The van der Waals surface area contributed by atoms with Crippen LogP contribution in [0.2, 0.25) is 0 Å². The zero-order valence-electron chi connectivity index (χ0n) is 5.49. The van der Waals surface area contributed by atoms with Crippen LogP contribution >= 0.6 is 23.6 Å². The monoisotopic (exact) mass is 188 g/mol. The number of carbonyl (C=O) groups is 1. The molecule has 0 fully saturated rings. The second-order valence-corrected chi connectivity index (χ2v) is 2.99. The molecule has 1 aromatic carbocycles. The summed E-state index contributed by atoms with van der Waals surface area (Å²) in [5, 5.41) is 0. The Morgan fingerprint density at radius 3 is 2.55 bits per heavy atom. The molecule has 0 saturated carbocycles. The van der Waals surface area contributed by atoms with Gasteiger partial charge >= 0.3 is 4.57 Å². The Morgan fingerprint density at radius 1 is 1.36 bits per heavy atom. The van der Waals surface area contributed by atoms with Crippen LogP contribution in [0.3, 0.4) is 0 Å². The Bertz CT molecular complexity index is 237. The summed E-state index contributed by atoms with van der Waals surface area (Å²) in [6, 6.07) is 8.98. The minimum absolute atomic E-state index is 0.575. The topological polar surface area (TPSA) is 26.3 Å². The summed E-state index contributed by atoms with van der Waals surface area (Å²) in [5.41, 5.74) is 0. The molecule has 1 rings (SSSR count). The minimum atomic E-state index is -0.575. The normalized spacial score (nSPS) is 9.18. The van der Waals surface area contributed by atoms with Gasteiger partial charge in [-0.1, -0.05) is 18.2 Å². The molecule has 0 saturated heterocycles. The van der Waals surface area contributed by atoms with Gasteiger partial charge in [0.2, 0.25) is 0 Å². The van der Waals surface area contributed by atoms with Gasteiger partial charge in [-0.15, -0.1) is 0 Å². The quantitative estimate of drug-likeness (QED) is 0.527. The van der Waals surface area contributed by atoms with Crippen molar-refractivity contribution < 1.29 is 8.98 Å². The summed E-state index contributed by atoms with van der Waals surface area (Å²) in [6.07, 6.45) is 0. The van der Waals surface area contributed by atoms with Crippen LogP contribution in [0.4, 0.5) is 4.79 Å². The van der Waals surface area contributed by atoms with Crippen molar-refractivity contribution in [1.82, 2.24) is 0 Å². The first kappa shape index (κ1) is 8.43. The van der Waals surface area contributed by atoms with Gasteiger partial charge in [-0.25, -0.2) is 0 Å². The van der Waals surface area contributed by atoms with Crippen LogP contribution in [-0.2, 0) is 0 Å². The second kappa shape index (κ2) is 4.26. The van der Waals surface area contributed by atoms with Gasteiger partial charge in [0.15, 0.2) is 0 Å². The maximum absolute atomic E-state index is 10.2. The third-order valence-electron chi connectivity index (χ3n) is 0.947. The van der Waals surface area contributed by atoms with E-state index in [0.29, 0.717) is 17.8 Å². The van der Waals surface area contributed by atoms with Crippen molar-refractivity contribution in [2.75, 3.05) is 0 Å². The number of hydrogen-bond donors (Lipinski definition) is 0.